The molecule has 0 aliphatic heterocycles. The van der Waals surface area contributed by atoms with Gasteiger partial charge in [0.2, 0.25) is 6.36 Å². The van der Waals surface area contributed by atoms with Gasteiger partial charge >= 0.3 is 0 Å². The summed E-state index contributed by atoms with van der Waals surface area (Å²) in [6.07, 6.45) is 1.77. The summed E-state index contributed by atoms with van der Waals surface area (Å²) in [5, 5.41) is 8.33. The van der Waals surface area contributed by atoms with Gasteiger partial charge in [0.15, 0.2) is 0 Å². The molecule has 0 heterocycles. The number of rotatable bonds is 5. The van der Waals surface area contributed by atoms with Crippen LogP contribution in [0.25, 0.3) is 0 Å². The van der Waals surface area contributed by atoms with Gasteiger partial charge in [-0.1, -0.05) is 26.2 Å². The second-order valence-electron chi connectivity index (χ2n) is 2.53. The highest BCUT2D eigenvalue weighted by Gasteiger charge is 2.11. The average Bonchev–Trinajstić information content (AvgIpc) is 1.88. The Labute approximate surface area is 61.2 Å². The van der Waals surface area contributed by atoms with Gasteiger partial charge in [0.05, 0.1) is 6.04 Å². The summed E-state index contributed by atoms with van der Waals surface area (Å²) in [6, 6.07) is -0.688. The van der Waals surface area contributed by atoms with Crippen LogP contribution in [-0.4, -0.2) is 17.5 Å². The molecule has 0 saturated carbocycles. The van der Waals surface area contributed by atoms with E-state index in [0.717, 1.165) is 19.3 Å². The van der Waals surface area contributed by atoms with E-state index in [1.165, 1.54) is 0 Å². The fraction of sp³-hybridized carbons (Fsp3) is 1.00. The summed E-state index contributed by atoms with van der Waals surface area (Å²) >= 11 is 0. The number of aliphatic hydroxyl groups is 1. The van der Waals surface area contributed by atoms with Gasteiger partial charge in [-0.05, 0) is 6.42 Å². The van der Waals surface area contributed by atoms with Crippen molar-refractivity contribution in [1.82, 2.24) is 0 Å². The summed E-state index contributed by atoms with van der Waals surface area (Å²) in [6.45, 7) is 2.07. The van der Waals surface area contributed by atoms with Gasteiger partial charge < -0.3 is 10.8 Å². The van der Waals surface area contributed by atoms with E-state index in [2.05, 4.69) is 6.92 Å². The molecule has 1 unspecified atom stereocenters. The minimum Gasteiger partial charge on any atom is -0.363 e. The van der Waals surface area contributed by atoms with Crippen LogP contribution in [-0.2, 0) is 0 Å². The molecule has 0 fully saturated rings. The Morgan fingerprint density at radius 2 is 2.10 bits per heavy atom. The molecule has 3 heteroatoms. The minimum atomic E-state index is -1.85. The van der Waals surface area contributed by atoms with Gasteiger partial charge in [0, 0.05) is 0 Å². The first-order valence-corrected chi connectivity index (χ1v) is 3.76. The van der Waals surface area contributed by atoms with Gasteiger partial charge in [0.25, 0.3) is 0 Å². The number of aliphatic hydroxyl groups excluding tert-OH is 1. The maximum Gasteiger partial charge on any atom is 0.211 e. The normalized spacial score (nSPS) is 16.8. The quantitative estimate of drug-likeness (QED) is 0.576. The van der Waals surface area contributed by atoms with E-state index in [1.807, 2.05) is 0 Å². The molecule has 0 radical (unpaired) electrons. The Morgan fingerprint density at radius 1 is 1.50 bits per heavy atom. The van der Waals surface area contributed by atoms with E-state index in [9.17, 15) is 4.39 Å². The first kappa shape index (κ1) is 9.85. The zero-order valence-electron chi connectivity index (χ0n) is 6.39. The van der Waals surface area contributed by atoms with Crippen LogP contribution in [0.3, 0.4) is 0 Å². The van der Waals surface area contributed by atoms with E-state index in [4.69, 9.17) is 10.8 Å². The number of hydrogen-bond acceptors (Lipinski definition) is 2. The van der Waals surface area contributed by atoms with Crippen molar-refractivity contribution in [2.45, 2.75) is 45.0 Å². The lowest BCUT2D eigenvalue weighted by atomic mass is 10.1. The van der Waals surface area contributed by atoms with E-state index in [0.29, 0.717) is 6.42 Å². The fourth-order valence-corrected chi connectivity index (χ4v) is 0.768. The Bertz CT molecular complexity index is 78.0. The van der Waals surface area contributed by atoms with Crippen LogP contribution in [0.2, 0.25) is 0 Å². The molecule has 2 nitrogen and oxygen atoms in total. The molecule has 0 bridgehead atoms. The van der Waals surface area contributed by atoms with Gasteiger partial charge in [-0.2, -0.15) is 0 Å². The SMILES string of the molecule is CCCCC[C@H](N)C(O)F. The molecule has 0 rings (SSSR count). The van der Waals surface area contributed by atoms with Crippen molar-refractivity contribution in [3.8, 4) is 0 Å². The molecule has 0 aromatic heterocycles. The molecule has 0 amide bonds. The van der Waals surface area contributed by atoms with Crippen molar-refractivity contribution in [1.29, 1.82) is 0 Å². The van der Waals surface area contributed by atoms with Crippen molar-refractivity contribution in [3.05, 3.63) is 0 Å². The van der Waals surface area contributed by atoms with E-state index >= 15 is 0 Å². The summed E-state index contributed by atoms with van der Waals surface area (Å²) in [7, 11) is 0. The third-order valence-corrected chi connectivity index (χ3v) is 1.49. The van der Waals surface area contributed by atoms with Crippen molar-refractivity contribution in [3.63, 3.8) is 0 Å². The molecule has 62 valence electrons. The molecule has 0 aromatic carbocycles. The molecule has 0 spiro atoms. The molecular formula is C7H16FNO. The number of alkyl halides is 1. The molecule has 0 saturated heterocycles. The zero-order valence-corrected chi connectivity index (χ0v) is 6.39. The number of halogens is 1. The highest BCUT2D eigenvalue weighted by Crippen LogP contribution is 2.04. The lowest BCUT2D eigenvalue weighted by Gasteiger charge is -2.10. The molecule has 0 aliphatic rings. The van der Waals surface area contributed by atoms with Crippen molar-refractivity contribution in [2.75, 3.05) is 0 Å². The molecule has 10 heavy (non-hydrogen) atoms. The average molecular weight is 149 g/mol. The fourth-order valence-electron chi connectivity index (χ4n) is 0.768. The number of nitrogens with two attached hydrogens (primary N) is 1. The van der Waals surface area contributed by atoms with Gasteiger partial charge in [0.1, 0.15) is 0 Å². The smallest absolute Gasteiger partial charge is 0.211 e. The second-order valence-corrected chi connectivity index (χ2v) is 2.53. The second kappa shape index (κ2) is 5.62. The molecular weight excluding hydrogens is 133 g/mol. The maximum atomic E-state index is 12.0. The van der Waals surface area contributed by atoms with Crippen LogP contribution in [0, 0.1) is 0 Å². The van der Waals surface area contributed by atoms with Gasteiger partial charge in [-0.3, -0.25) is 0 Å². The van der Waals surface area contributed by atoms with Crippen LogP contribution in [0.5, 0.6) is 0 Å². The lowest BCUT2D eigenvalue weighted by Crippen LogP contribution is -2.31. The third-order valence-electron chi connectivity index (χ3n) is 1.49. The number of unbranched alkanes of at least 4 members (excludes halogenated alkanes) is 2. The Kier molecular flexibility index (Phi) is 5.54. The van der Waals surface area contributed by atoms with Crippen molar-refractivity contribution in [2.24, 2.45) is 5.73 Å². The molecule has 0 aliphatic carbocycles. The highest BCUT2D eigenvalue weighted by molar-refractivity contribution is 4.62. The number of hydrogen-bond donors (Lipinski definition) is 2. The van der Waals surface area contributed by atoms with Crippen LogP contribution < -0.4 is 5.73 Å². The Balaban J connectivity index is 3.13. The monoisotopic (exact) mass is 149 g/mol. The standard InChI is InChI=1S/C7H16FNO/c1-2-3-4-5-6(9)7(8)10/h6-7,10H,2-5,9H2,1H3/t6-,7?/m0/s1. The Hall–Kier alpha value is -0.150. The lowest BCUT2D eigenvalue weighted by molar-refractivity contribution is 0.0157. The topological polar surface area (TPSA) is 46.2 Å². The van der Waals surface area contributed by atoms with Crippen LogP contribution in [0.1, 0.15) is 32.6 Å². The molecule has 0 aromatic rings. The summed E-state index contributed by atoms with van der Waals surface area (Å²) in [4.78, 5) is 0. The van der Waals surface area contributed by atoms with E-state index in [1.54, 1.807) is 0 Å². The maximum absolute atomic E-state index is 12.0. The third kappa shape index (κ3) is 4.70. The Morgan fingerprint density at radius 3 is 2.50 bits per heavy atom. The van der Waals surface area contributed by atoms with Crippen molar-refractivity contribution >= 4 is 0 Å². The predicted octanol–water partition coefficient (Wildman–Crippen LogP) is 1.18. The van der Waals surface area contributed by atoms with E-state index in [-0.39, 0.29) is 0 Å². The largest absolute Gasteiger partial charge is 0.363 e. The van der Waals surface area contributed by atoms with Crippen molar-refractivity contribution < 1.29 is 9.50 Å². The summed E-state index contributed by atoms with van der Waals surface area (Å²) in [5.74, 6) is 0. The molecule has 2 atom stereocenters. The first-order chi connectivity index (χ1) is 4.68. The summed E-state index contributed by atoms with van der Waals surface area (Å²) in [5.41, 5.74) is 5.23. The van der Waals surface area contributed by atoms with Gasteiger partial charge in [-0.15, -0.1) is 0 Å². The van der Waals surface area contributed by atoms with Crippen LogP contribution >= 0.6 is 0 Å². The first-order valence-electron chi connectivity index (χ1n) is 3.76. The van der Waals surface area contributed by atoms with Crippen LogP contribution in [0.4, 0.5) is 4.39 Å². The predicted molar refractivity (Wildman–Crippen MR) is 39.2 cm³/mol. The molecule has 3 N–H and O–H groups in total. The minimum absolute atomic E-state index is 0.575. The van der Waals surface area contributed by atoms with E-state index < -0.39 is 12.4 Å². The zero-order chi connectivity index (χ0) is 7.98. The van der Waals surface area contributed by atoms with Crippen LogP contribution in [0.15, 0.2) is 0 Å². The summed E-state index contributed by atoms with van der Waals surface area (Å²) < 4.78 is 12.0. The highest BCUT2D eigenvalue weighted by atomic mass is 19.1. The van der Waals surface area contributed by atoms with Gasteiger partial charge in [-0.25, -0.2) is 4.39 Å².